The Morgan fingerprint density at radius 1 is 0.319 bits per heavy atom. The van der Waals surface area contributed by atoms with Crippen LogP contribution in [0.15, 0.2) is 0 Å². The third-order valence-corrected chi connectivity index (χ3v) is 19.2. The van der Waals surface area contributed by atoms with Crippen molar-refractivity contribution in [3.63, 3.8) is 0 Å². The second-order valence-corrected chi connectivity index (χ2v) is 23.7. The van der Waals surface area contributed by atoms with Crippen LogP contribution >= 0.6 is 0 Å². The minimum Gasteiger partial charge on any atom is -0.0654 e. The zero-order valence-corrected chi connectivity index (χ0v) is 36.3. The Kier molecular flexibility index (Phi) is 48.6. The van der Waals surface area contributed by atoms with Crippen molar-refractivity contribution in [2.45, 2.75) is 272 Å². The van der Waals surface area contributed by atoms with Gasteiger partial charge in [-0.2, -0.15) is 0 Å². The van der Waals surface area contributed by atoms with Crippen molar-refractivity contribution in [3.8, 4) is 0 Å². The predicted octanol–water partition coefficient (Wildman–Crippen LogP) is 16.7. The summed E-state index contributed by atoms with van der Waals surface area (Å²) in [6.07, 6.45) is 54.0. The Morgan fingerprint density at radius 3 is 0.596 bits per heavy atom. The van der Waals surface area contributed by atoms with Crippen LogP contribution < -0.4 is 0 Å². The molecule has 0 amide bonds. The van der Waals surface area contributed by atoms with Crippen molar-refractivity contribution in [2.24, 2.45) is 0 Å². The van der Waals surface area contributed by atoms with E-state index in [1.165, 1.54) is 193 Å². The summed E-state index contributed by atoms with van der Waals surface area (Å²) in [6, 6.07) is 0. The first-order valence-corrected chi connectivity index (χ1v) is 28.2. The fraction of sp³-hybridized carbons (Fsp3) is 0.977. The second kappa shape index (κ2) is 46.3. The number of hydrogen-bond donors (Lipinski definition) is 1. The summed E-state index contributed by atoms with van der Waals surface area (Å²) in [5, 5.41) is 7.42. The zero-order chi connectivity index (χ0) is 34.7. The molecular formula is C44H91O2Sn. The van der Waals surface area contributed by atoms with Crippen molar-refractivity contribution in [1.29, 1.82) is 0 Å². The van der Waals surface area contributed by atoms with Crippen LogP contribution in [0.4, 0.5) is 0 Å². The van der Waals surface area contributed by atoms with Crippen molar-refractivity contribution >= 4 is 25.7 Å². The molecule has 0 aromatic carbocycles. The molecule has 0 saturated carbocycles. The average molecular weight is 771 g/mol. The van der Waals surface area contributed by atoms with E-state index in [-0.39, 0.29) is 0 Å². The molecule has 0 aliphatic rings. The van der Waals surface area contributed by atoms with Gasteiger partial charge in [0.15, 0.2) is 0 Å². The van der Waals surface area contributed by atoms with Crippen LogP contribution in [0.25, 0.3) is 0 Å². The van der Waals surface area contributed by atoms with E-state index in [4.69, 9.17) is 9.90 Å². The summed E-state index contributed by atoms with van der Waals surface area (Å²) in [6.45, 7) is 8.05. The Morgan fingerprint density at radius 2 is 0.447 bits per heavy atom. The van der Waals surface area contributed by atoms with E-state index in [1.807, 2.05) is 0 Å². The molecule has 0 spiro atoms. The Labute approximate surface area is 306 Å². The van der Waals surface area contributed by atoms with Gasteiger partial charge in [0.1, 0.15) is 0 Å². The Hall–Kier alpha value is 0.269. The first-order valence-electron chi connectivity index (χ1n) is 22.1. The molecular weight excluding hydrogens is 679 g/mol. The molecule has 0 atom stereocenters. The number of unbranched alkanes of at least 4 members (excludes halogenated alkanes) is 33. The minimum atomic E-state index is -1.12. The fourth-order valence-electron chi connectivity index (χ4n) is 7.02. The summed E-state index contributed by atoms with van der Waals surface area (Å²) in [7, 11) is 0. The number of rotatable bonds is 39. The molecule has 0 bridgehead atoms. The van der Waals surface area contributed by atoms with Gasteiger partial charge in [-0.1, -0.05) is 40.0 Å². The van der Waals surface area contributed by atoms with Crippen LogP contribution in [0.1, 0.15) is 259 Å². The Bertz CT molecular complexity index is 480. The summed E-state index contributed by atoms with van der Waals surface area (Å²) >= 11 is -1.12. The van der Waals surface area contributed by atoms with Crippen molar-refractivity contribution in [2.75, 3.05) is 0 Å². The maximum absolute atomic E-state index is 9.00. The fourth-order valence-corrected chi connectivity index (χ4v) is 15.6. The molecule has 0 fully saturated rings. The molecule has 0 heterocycles. The summed E-state index contributed by atoms with van der Waals surface area (Å²) in [5.74, 6) is -0.833. The molecule has 0 aromatic rings. The minimum absolute atomic E-state index is 0.833. The van der Waals surface area contributed by atoms with E-state index < -0.39 is 25.7 Å². The van der Waals surface area contributed by atoms with Crippen LogP contribution in [0, 0.1) is 0 Å². The SMILES string of the molecule is CC(=O)O.CCCCCCCCCCCCC[CH2][Sn]([CH2]CCCCCCCCCCCCC)[CH2]CCCCCCCCCCCCC. The normalized spacial score (nSPS) is 11.3. The Balaban J connectivity index is 0. The molecule has 0 saturated heterocycles. The van der Waals surface area contributed by atoms with E-state index in [9.17, 15) is 0 Å². The van der Waals surface area contributed by atoms with Crippen molar-refractivity contribution in [3.05, 3.63) is 0 Å². The number of carboxylic acid groups (broad SMARTS) is 1. The molecule has 3 heteroatoms. The van der Waals surface area contributed by atoms with E-state index in [0.29, 0.717) is 0 Å². The third kappa shape index (κ3) is 50.8. The standard InChI is InChI=1S/3C14H29.C2H4O2.Sn/c3*1-3-5-7-9-11-13-14-12-10-8-6-4-2;1-2(3)4;/h3*1,3-14H2,2H3;1H3,(H,3,4);. The van der Waals surface area contributed by atoms with Crippen LogP contribution in [-0.2, 0) is 4.79 Å². The van der Waals surface area contributed by atoms with Gasteiger partial charge in [0.2, 0.25) is 0 Å². The molecule has 2 nitrogen and oxygen atoms in total. The first-order chi connectivity index (χ1) is 23.1. The quantitative estimate of drug-likeness (QED) is 0.0499. The van der Waals surface area contributed by atoms with Crippen LogP contribution in [-0.4, -0.2) is 30.8 Å². The van der Waals surface area contributed by atoms with E-state index in [2.05, 4.69) is 20.8 Å². The molecule has 1 radical (unpaired) electrons. The topological polar surface area (TPSA) is 37.3 Å². The zero-order valence-electron chi connectivity index (χ0n) is 33.4. The van der Waals surface area contributed by atoms with Crippen LogP contribution in [0.2, 0.25) is 13.3 Å². The van der Waals surface area contributed by atoms with Gasteiger partial charge >= 0.3 is 245 Å². The molecule has 0 aliphatic carbocycles. The maximum atomic E-state index is 9.00. The van der Waals surface area contributed by atoms with Crippen LogP contribution in [0.5, 0.6) is 0 Å². The van der Waals surface area contributed by atoms with Gasteiger partial charge in [0.05, 0.1) is 0 Å². The van der Waals surface area contributed by atoms with Gasteiger partial charge in [0.25, 0.3) is 5.97 Å². The molecule has 1 N–H and O–H groups in total. The molecule has 0 unspecified atom stereocenters. The number of aliphatic carboxylic acids is 1. The van der Waals surface area contributed by atoms with E-state index >= 15 is 0 Å². The van der Waals surface area contributed by atoms with Gasteiger partial charge in [-0.3, -0.25) is 4.79 Å². The number of carboxylic acids is 1. The first kappa shape index (κ1) is 49.4. The molecule has 0 rings (SSSR count). The van der Waals surface area contributed by atoms with Gasteiger partial charge in [-0.05, 0) is 0 Å². The van der Waals surface area contributed by atoms with Crippen LogP contribution in [0.3, 0.4) is 0 Å². The smallest absolute Gasteiger partial charge is 0.0654 e. The predicted molar refractivity (Wildman–Crippen MR) is 217 cm³/mol. The number of hydrogen-bond acceptors (Lipinski definition) is 1. The van der Waals surface area contributed by atoms with Gasteiger partial charge in [-0.25, -0.2) is 0 Å². The summed E-state index contributed by atoms with van der Waals surface area (Å²) < 4.78 is 5.20. The molecule has 0 aliphatic heterocycles. The van der Waals surface area contributed by atoms with Gasteiger partial charge in [-0.15, -0.1) is 0 Å². The summed E-state index contributed by atoms with van der Waals surface area (Å²) in [4.78, 5) is 9.00. The molecule has 47 heavy (non-hydrogen) atoms. The second-order valence-electron chi connectivity index (χ2n) is 15.2. The molecule has 283 valence electrons. The monoisotopic (exact) mass is 772 g/mol. The van der Waals surface area contributed by atoms with Crippen molar-refractivity contribution in [1.82, 2.24) is 0 Å². The van der Waals surface area contributed by atoms with E-state index in [0.717, 1.165) is 6.92 Å². The molecule has 0 aromatic heterocycles. The third-order valence-electron chi connectivity index (χ3n) is 10.2. The van der Waals surface area contributed by atoms with Crippen molar-refractivity contribution < 1.29 is 9.90 Å². The van der Waals surface area contributed by atoms with Gasteiger partial charge < -0.3 is 5.11 Å². The van der Waals surface area contributed by atoms with E-state index in [1.54, 1.807) is 51.8 Å². The summed E-state index contributed by atoms with van der Waals surface area (Å²) in [5.41, 5.74) is 0. The van der Waals surface area contributed by atoms with Gasteiger partial charge in [0, 0.05) is 6.92 Å². The number of carbonyl (C=O) groups is 1. The average Bonchev–Trinajstić information content (AvgIpc) is 3.05.